The number of phenolic OH excluding ortho intramolecular Hbond substituents is 1. The molecule has 11 nitrogen and oxygen atoms in total. The van der Waals surface area contributed by atoms with Gasteiger partial charge in [0.2, 0.25) is 5.56 Å². The Hall–Kier alpha value is -5.23. The van der Waals surface area contributed by atoms with Crippen LogP contribution in [0.3, 0.4) is 0 Å². The monoisotopic (exact) mass is 675 g/mol. The maximum absolute atomic E-state index is 13.2. The average molecular weight is 676 g/mol. The number of nitrogens with zero attached hydrogens (tertiary/aromatic N) is 2. The number of carbonyl (C=O) groups is 1. The number of aromatic amines is 1. The molecule has 50 heavy (non-hydrogen) atoms. The summed E-state index contributed by atoms with van der Waals surface area (Å²) in [5.74, 6) is 1.05. The molecule has 3 aliphatic rings. The number of aliphatic hydroxyl groups excluding tert-OH is 1. The van der Waals surface area contributed by atoms with Gasteiger partial charge in [-0.25, -0.2) is 4.79 Å². The Balaban J connectivity index is 0.939. The molecule has 3 aliphatic heterocycles. The maximum Gasteiger partial charge on any atom is 0.408 e. The summed E-state index contributed by atoms with van der Waals surface area (Å²) in [6, 6.07) is 27.1. The summed E-state index contributed by atoms with van der Waals surface area (Å²) in [7, 11) is 0. The number of aromatic nitrogens is 2. The van der Waals surface area contributed by atoms with Crippen molar-refractivity contribution < 1.29 is 24.5 Å². The number of H-pyrrole nitrogens is 1. The number of carbonyl (C=O) groups excluding carboxylic acids is 1. The van der Waals surface area contributed by atoms with Gasteiger partial charge in [-0.2, -0.15) is 0 Å². The Labute approximate surface area is 289 Å². The first-order valence-corrected chi connectivity index (χ1v) is 17.0. The number of ether oxygens (including phenoxy) is 2. The van der Waals surface area contributed by atoms with Gasteiger partial charge in [-0.05, 0) is 78.9 Å². The van der Waals surface area contributed by atoms with Gasteiger partial charge >= 0.3 is 6.09 Å². The van der Waals surface area contributed by atoms with E-state index in [2.05, 4.69) is 25.5 Å². The third-order valence-electron chi connectivity index (χ3n) is 9.64. The van der Waals surface area contributed by atoms with Gasteiger partial charge in [0.15, 0.2) is 0 Å². The number of aromatic hydroxyl groups is 1. The van der Waals surface area contributed by atoms with Crippen LogP contribution >= 0.6 is 0 Å². The highest BCUT2D eigenvalue weighted by atomic mass is 16.6. The highest BCUT2D eigenvalue weighted by molar-refractivity contribution is 5.87. The number of hydrogen-bond acceptors (Lipinski definition) is 9. The molecule has 2 unspecified atom stereocenters. The molecule has 0 radical (unpaired) electrons. The van der Waals surface area contributed by atoms with Gasteiger partial charge in [-0.1, -0.05) is 54.6 Å². The molecule has 5 N–H and O–H groups in total. The summed E-state index contributed by atoms with van der Waals surface area (Å²) >= 11 is 0. The molecule has 2 bridgehead atoms. The van der Waals surface area contributed by atoms with Gasteiger partial charge in [0.1, 0.15) is 24.2 Å². The largest absolute Gasteiger partial charge is 0.506 e. The van der Waals surface area contributed by atoms with Crippen LogP contribution in [-0.4, -0.2) is 63.5 Å². The van der Waals surface area contributed by atoms with Gasteiger partial charge in [0, 0.05) is 42.8 Å². The molecule has 1 amide bonds. The molecule has 8 rings (SSSR count). The van der Waals surface area contributed by atoms with Crippen LogP contribution in [0.25, 0.3) is 10.9 Å². The molecule has 258 valence electrons. The van der Waals surface area contributed by atoms with Gasteiger partial charge in [-0.3, -0.25) is 14.7 Å². The fourth-order valence-electron chi connectivity index (χ4n) is 6.93. The highest BCUT2D eigenvalue weighted by Gasteiger charge is 2.37. The quantitative estimate of drug-likeness (QED) is 0.124. The van der Waals surface area contributed by atoms with Gasteiger partial charge in [-0.15, -0.1) is 0 Å². The van der Waals surface area contributed by atoms with E-state index in [1.165, 1.54) is 12.1 Å². The Kier molecular flexibility index (Phi) is 10.1. The third-order valence-corrected chi connectivity index (χ3v) is 9.64. The van der Waals surface area contributed by atoms with Crippen molar-refractivity contribution in [1.82, 2.24) is 25.5 Å². The summed E-state index contributed by atoms with van der Waals surface area (Å²) in [4.78, 5) is 34.4. The number of pyridine rings is 2. The topological polar surface area (TPSA) is 149 Å². The number of alkyl carbamates (subject to hydrolysis) is 1. The Bertz CT molecular complexity index is 1980. The van der Waals surface area contributed by atoms with E-state index in [-0.39, 0.29) is 24.0 Å². The van der Waals surface area contributed by atoms with Crippen molar-refractivity contribution in [2.24, 2.45) is 5.92 Å². The minimum atomic E-state index is -0.861. The summed E-state index contributed by atoms with van der Waals surface area (Å²) in [5.41, 5.74) is 4.09. The first kappa shape index (κ1) is 33.3. The molecule has 0 aliphatic carbocycles. The summed E-state index contributed by atoms with van der Waals surface area (Å²) in [6.45, 7) is 3.96. The van der Waals surface area contributed by atoms with Crippen molar-refractivity contribution in [2.75, 3.05) is 26.2 Å². The number of phenols is 1. The first-order valence-electron chi connectivity index (χ1n) is 17.0. The minimum Gasteiger partial charge on any atom is -0.506 e. The van der Waals surface area contributed by atoms with E-state index in [4.69, 9.17) is 9.47 Å². The number of rotatable bonds is 12. The van der Waals surface area contributed by atoms with Crippen molar-refractivity contribution in [2.45, 2.75) is 44.2 Å². The van der Waals surface area contributed by atoms with E-state index < -0.39 is 18.2 Å². The average Bonchev–Trinajstić information content (AvgIpc) is 3.15. The summed E-state index contributed by atoms with van der Waals surface area (Å²) in [6.07, 6.45) is 2.56. The van der Waals surface area contributed by atoms with Crippen LogP contribution in [0, 0.1) is 5.92 Å². The van der Waals surface area contributed by atoms with Crippen LogP contribution in [0.15, 0.2) is 102 Å². The van der Waals surface area contributed by atoms with Crippen LogP contribution in [0.4, 0.5) is 4.79 Å². The van der Waals surface area contributed by atoms with E-state index in [1.807, 2.05) is 66.7 Å². The Morgan fingerprint density at radius 2 is 1.80 bits per heavy atom. The van der Waals surface area contributed by atoms with E-state index in [0.717, 1.165) is 54.9 Å². The number of aliphatic hydroxyl groups is 1. The Morgan fingerprint density at radius 3 is 2.56 bits per heavy atom. The lowest BCUT2D eigenvalue weighted by molar-refractivity contribution is -0.0336. The van der Waals surface area contributed by atoms with Crippen molar-refractivity contribution in [3.8, 4) is 11.5 Å². The number of piperidine rings is 3. The molecule has 3 fully saturated rings. The predicted octanol–water partition coefficient (Wildman–Crippen LogP) is 4.94. The van der Waals surface area contributed by atoms with Gasteiger partial charge in [0.05, 0.1) is 23.4 Å². The molecule has 3 aromatic carbocycles. The second kappa shape index (κ2) is 15.1. The number of hydrogen-bond donors (Lipinski definition) is 5. The third kappa shape index (κ3) is 7.81. The van der Waals surface area contributed by atoms with Crippen molar-refractivity contribution in [3.05, 3.63) is 135 Å². The SMILES string of the molecule is O=C(NC(c1ccccc1)c1cccc(OCc2ccc(CNCC(O)c3ccc(O)c4[nH]c(=O)ccc34)nc2)c1)O[C@H]1CN2CCC1CC2. The highest BCUT2D eigenvalue weighted by Crippen LogP contribution is 2.31. The number of nitrogens with one attached hydrogen (secondary N) is 3. The van der Waals surface area contributed by atoms with E-state index in [1.54, 1.807) is 18.3 Å². The number of amides is 1. The van der Waals surface area contributed by atoms with E-state index in [9.17, 15) is 19.8 Å². The van der Waals surface area contributed by atoms with Crippen molar-refractivity contribution in [3.63, 3.8) is 0 Å². The normalized spacial score (nSPS) is 19.5. The standard InChI is InChI=1S/C39H41N5O6/c45-33-13-11-31(32-12-14-36(47)42-38(32)33)34(46)22-40-21-29-10-9-25(20-41-29)24-49-30-8-4-7-28(19-30)37(27-5-2-1-3-6-27)43-39(48)50-35-23-44-17-15-26(35)16-18-44/h1-14,19-20,26,34-35,37,40,45-46H,15-18,21-24H2,(H,42,47)(H,43,48)/t34?,35-,37?/m0/s1. The first-order chi connectivity index (χ1) is 24.4. The van der Waals surface area contributed by atoms with E-state index >= 15 is 0 Å². The Morgan fingerprint density at radius 1 is 0.980 bits per heavy atom. The number of benzene rings is 3. The van der Waals surface area contributed by atoms with Crippen LogP contribution in [0.2, 0.25) is 0 Å². The van der Waals surface area contributed by atoms with Gasteiger partial charge < -0.3 is 35.3 Å². The smallest absolute Gasteiger partial charge is 0.408 e. The molecule has 2 aromatic heterocycles. The number of fused-ring (bicyclic) bond motifs is 4. The molecule has 3 atom stereocenters. The zero-order chi connectivity index (χ0) is 34.5. The minimum absolute atomic E-state index is 0.0485. The van der Waals surface area contributed by atoms with Crippen LogP contribution in [0.5, 0.6) is 11.5 Å². The molecule has 11 heteroatoms. The summed E-state index contributed by atoms with van der Waals surface area (Å²) in [5, 5.41) is 27.9. The molecular formula is C39H41N5O6. The van der Waals surface area contributed by atoms with Crippen molar-refractivity contribution >= 4 is 17.0 Å². The second-order valence-electron chi connectivity index (χ2n) is 13.0. The lowest BCUT2D eigenvalue weighted by Gasteiger charge is -2.43. The van der Waals surface area contributed by atoms with E-state index in [0.29, 0.717) is 41.3 Å². The molecule has 0 spiro atoms. The lowest BCUT2D eigenvalue weighted by Crippen LogP contribution is -2.52. The summed E-state index contributed by atoms with van der Waals surface area (Å²) < 4.78 is 12.1. The maximum atomic E-state index is 13.2. The predicted molar refractivity (Wildman–Crippen MR) is 189 cm³/mol. The molecule has 0 saturated carbocycles. The molecule has 5 heterocycles. The zero-order valence-electron chi connectivity index (χ0n) is 27.6. The zero-order valence-corrected chi connectivity index (χ0v) is 27.6. The molecule has 3 saturated heterocycles. The lowest BCUT2D eigenvalue weighted by atomic mass is 9.86. The fraction of sp³-hybridized carbons (Fsp3) is 0.308. The van der Waals surface area contributed by atoms with Crippen molar-refractivity contribution in [1.29, 1.82) is 0 Å². The van der Waals surface area contributed by atoms with Crippen LogP contribution in [0.1, 0.15) is 52.9 Å². The van der Waals surface area contributed by atoms with Crippen LogP contribution < -0.4 is 20.9 Å². The van der Waals surface area contributed by atoms with Gasteiger partial charge in [0.25, 0.3) is 0 Å². The fourth-order valence-corrected chi connectivity index (χ4v) is 6.93. The molecule has 5 aromatic rings. The van der Waals surface area contributed by atoms with Crippen LogP contribution in [-0.2, 0) is 17.9 Å². The molecular weight excluding hydrogens is 634 g/mol. The second-order valence-corrected chi connectivity index (χ2v) is 13.0.